The Morgan fingerprint density at radius 3 is 2.54 bits per heavy atom. The lowest BCUT2D eigenvalue weighted by atomic mass is 10.1. The highest BCUT2D eigenvalue weighted by atomic mass is 32.2. The third kappa shape index (κ3) is 5.02. The molecule has 2 N–H and O–H groups in total. The monoisotopic (exact) mass is 370 g/mol. The molecule has 0 radical (unpaired) electrons. The van der Waals surface area contributed by atoms with E-state index in [1.165, 1.54) is 5.56 Å². The number of carbonyl (C=O) groups is 1. The molecular weight excluding hydrogens is 344 g/mol. The Morgan fingerprint density at radius 1 is 1.19 bits per heavy atom. The standard InChI is InChI=1S/C21H26N2O2S/c1-23(2)20(26-14-15-8-10-17(24)11-9-15)13-22-21(25)19-12-18(19)16-6-4-3-5-7-16/h3-11,18-20,24H,12-14H2,1-2H3,(H,22,25)/t18-,19+,20+/m1/s1. The van der Waals surface area contributed by atoms with Crippen molar-refractivity contribution in [1.82, 2.24) is 10.2 Å². The molecule has 1 aliphatic carbocycles. The molecule has 0 aromatic heterocycles. The minimum atomic E-state index is 0.113. The van der Waals surface area contributed by atoms with Crippen molar-refractivity contribution in [3.63, 3.8) is 0 Å². The molecule has 1 fully saturated rings. The molecule has 3 atom stereocenters. The van der Waals surface area contributed by atoms with Crippen LogP contribution in [0.15, 0.2) is 54.6 Å². The fraction of sp³-hybridized carbons (Fsp3) is 0.381. The zero-order valence-corrected chi connectivity index (χ0v) is 16.1. The highest BCUT2D eigenvalue weighted by Gasteiger charge is 2.43. The summed E-state index contributed by atoms with van der Waals surface area (Å²) in [5, 5.41) is 12.7. The van der Waals surface area contributed by atoms with Gasteiger partial charge in [-0.1, -0.05) is 42.5 Å². The van der Waals surface area contributed by atoms with Crippen LogP contribution < -0.4 is 5.32 Å². The number of phenolic OH excluding ortho intramolecular Hbond substituents is 1. The summed E-state index contributed by atoms with van der Waals surface area (Å²) in [6, 6.07) is 17.6. The van der Waals surface area contributed by atoms with Crippen LogP contribution in [-0.2, 0) is 10.5 Å². The number of hydrogen-bond donors (Lipinski definition) is 2. The Balaban J connectivity index is 1.46. The Morgan fingerprint density at radius 2 is 1.88 bits per heavy atom. The third-order valence-electron chi connectivity index (χ3n) is 4.76. The van der Waals surface area contributed by atoms with Crippen molar-refractivity contribution in [1.29, 1.82) is 0 Å². The van der Waals surface area contributed by atoms with Gasteiger partial charge in [0, 0.05) is 18.2 Å². The summed E-state index contributed by atoms with van der Waals surface area (Å²) in [4.78, 5) is 14.6. The minimum absolute atomic E-state index is 0.113. The molecule has 0 spiro atoms. The summed E-state index contributed by atoms with van der Waals surface area (Å²) >= 11 is 1.79. The van der Waals surface area contributed by atoms with Crippen molar-refractivity contribution in [2.45, 2.75) is 23.5 Å². The highest BCUT2D eigenvalue weighted by molar-refractivity contribution is 7.99. The highest BCUT2D eigenvalue weighted by Crippen LogP contribution is 2.47. The molecule has 0 unspecified atom stereocenters. The maximum atomic E-state index is 12.5. The average Bonchev–Trinajstić information content (AvgIpc) is 3.44. The van der Waals surface area contributed by atoms with Crippen LogP contribution in [0.5, 0.6) is 5.75 Å². The predicted molar refractivity (Wildman–Crippen MR) is 107 cm³/mol. The van der Waals surface area contributed by atoms with Crippen LogP contribution in [-0.4, -0.2) is 41.9 Å². The summed E-state index contributed by atoms with van der Waals surface area (Å²) in [7, 11) is 4.06. The van der Waals surface area contributed by atoms with Crippen LogP contribution in [0.3, 0.4) is 0 Å². The maximum absolute atomic E-state index is 12.5. The number of likely N-dealkylation sites (N-methyl/N-ethyl adjacent to an activating group) is 1. The number of rotatable bonds is 8. The number of nitrogens with one attached hydrogen (secondary N) is 1. The first-order valence-electron chi connectivity index (χ1n) is 8.93. The first-order chi connectivity index (χ1) is 12.5. The van der Waals surface area contributed by atoms with Crippen LogP contribution in [0.1, 0.15) is 23.5 Å². The molecule has 3 rings (SSSR count). The lowest BCUT2D eigenvalue weighted by Gasteiger charge is -2.24. The normalized spacial score (nSPS) is 20.0. The number of thioether (sulfide) groups is 1. The van der Waals surface area contributed by atoms with E-state index in [4.69, 9.17) is 0 Å². The number of benzene rings is 2. The first-order valence-corrected chi connectivity index (χ1v) is 9.98. The van der Waals surface area contributed by atoms with Gasteiger partial charge in [0.25, 0.3) is 0 Å². The summed E-state index contributed by atoms with van der Waals surface area (Å²) < 4.78 is 0. The molecule has 5 heteroatoms. The second-order valence-corrected chi connectivity index (χ2v) is 8.17. The number of phenols is 1. The zero-order valence-electron chi connectivity index (χ0n) is 15.3. The molecule has 0 aliphatic heterocycles. The fourth-order valence-electron chi connectivity index (χ4n) is 3.05. The Kier molecular flexibility index (Phi) is 6.22. The molecular formula is C21H26N2O2S. The summed E-state index contributed by atoms with van der Waals surface area (Å²) in [6.07, 6.45) is 0.948. The van der Waals surface area contributed by atoms with E-state index in [1.54, 1.807) is 23.9 Å². The van der Waals surface area contributed by atoms with Crippen molar-refractivity contribution in [2.24, 2.45) is 5.92 Å². The predicted octanol–water partition coefficient (Wildman–Crippen LogP) is 3.43. The van der Waals surface area contributed by atoms with E-state index in [0.717, 1.165) is 17.7 Å². The van der Waals surface area contributed by atoms with E-state index in [1.807, 2.05) is 44.4 Å². The van der Waals surface area contributed by atoms with Gasteiger partial charge in [-0.2, -0.15) is 0 Å². The van der Waals surface area contributed by atoms with Crippen molar-refractivity contribution < 1.29 is 9.90 Å². The molecule has 0 bridgehead atoms. The minimum Gasteiger partial charge on any atom is -0.508 e. The van der Waals surface area contributed by atoms with Crippen LogP contribution in [0.25, 0.3) is 0 Å². The van der Waals surface area contributed by atoms with Crippen LogP contribution in [0.4, 0.5) is 0 Å². The smallest absolute Gasteiger partial charge is 0.223 e. The molecule has 0 heterocycles. The van der Waals surface area contributed by atoms with Gasteiger partial charge in [0.2, 0.25) is 5.91 Å². The van der Waals surface area contributed by atoms with Gasteiger partial charge in [0.15, 0.2) is 0 Å². The molecule has 1 saturated carbocycles. The van der Waals surface area contributed by atoms with Crippen LogP contribution in [0.2, 0.25) is 0 Å². The van der Waals surface area contributed by atoms with Crippen molar-refractivity contribution >= 4 is 17.7 Å². The van der Waals surface area contributed by atoms with Crippen molar-refractivity contribution in [3.05, 3.63) is 65.7 Å². The number of nitrogens with zero attached hydrogens (tertiary/aromatic N) is 1. The van der Waals surface area contributed by atoms with Gasteiger partial charge >= 0.3 is 0 Å². The SMILES string of the molecule is CN(C)[C@H](CNC(=O)[C@H]1C[C@@H]1c1ccccc1)SCc1ccc(O)cc1. The Labute approximate surface area is 159 Å². The van der Waals surface area contributed by atoms with Gasteiger partial charge in [-0.3, -0.25) is 9.69 Å². The van der Waals surface area contributed by atoms with E-state index in [-0.39, 0.29) is 22.9 Å². The lowest BCUT2D eigenvalue weighted by Crippen LogP contribution is -2.39. The zero-order chi connectivity index (χ0) is 18.5. The molecule has 26 heavy (non-hydrogen) atoms. The van der Waals surface area contributed by atoms with E-state index < -0.39 is 0 Å². The summed E-state index contributed by atoms with van der Waals surface area (Å²) in [5.41, 5.74) is 2.43. The number of amides is 1. The van der Waals surface area contributed by atoms with E-state index in [2.05, 4.69) is 22.3 Å². The second kappa shape index (κ2) is 8.60. The molecule has 4 nitrogen and oxygen atoms in total. The third-order valence-corrected chi connectivity index (χ3v) is 6.23. The summed E-state index contributed by atoms with van der Waals surface area (Å²) in [6.45, 7) is 0.632. The molecule has 138 valence electrons. The van der Waals surface area contributed by atoms with Crippen LogP contribution in [0, 0.1) is 5.92 Å². The fourth-order valence-corrected chi connectivity index (χ4v) is 4.12. The van der Waals surface area contributed by atoms with Gasteiger partial charge in [-0.15, -0.1) is 11.8 Å². The van der Waals surface area contributed by atoms with Crippen molar-refractivity contribution in [2.75, 3.05) is 20.6 Å². The lowest BCUT2D eigenvalue weighted by molar-refractivity contribution is -0.122. The molecule has 0 saturated heterocycles. The van der Waals surface area contributed by atoms with Crippen LogP contribution >= 0.6 is 11.8 Å². The van der Waals surface area contributed by atoms with Gasteiger partial charge in [0.1, 0.15) is 5.75 Å². The van der Waals surface area contributed by atoms with E-state index >= 15 is 0 Å². The number of hydrogen-bond acceptors (Lipinski definition) is 4. The molecule has 1 amide bonds. The van der Waals surface area contributed by atoms with Gasteiger partial charge in [0.05, 0.1) is 5.37 Å². The van der Waals surface area contributed by atoms with E-state index in [0.29, 0.717) is 12.5 Å². The van der Waals surface area contributed by atoms with Crippen molar-refractivity contribution in [3.8, 4) is 5.75 Å². The van der Waals surface area contributed by atoms with E-state index in [9.17, 15) is 9.90 Å². The second-order valence-electron chi connectivity index (χ2n) is 7.00. The number of aromatic hydroxyl groups is 1. The molecule has 1 aliphatic rings. The van der Waals surface area contributed by atoms with Gasteiger partial charge < -0.3 is 10.4 Å². The van der Waals surface area contributed by atoms with Gasteiger partial charge in [-0.25, -0.2) is 0 Å². The topological polar surface area (TPSA) is 52.6 Å². The Hall–Kier alpha value is -1.98. The maximum Gasteiger partial charge on any atom is 0.223 e. The molecule has 2 aromatic rings. The Bertz CT molecular complexity index is 719. The average molecular weight is 371 g/mol. The number of carbonyl (C=O) groups excluding carboxylic acids is 1. The van der Waals surface area contributed by atoms with Gasteiger partial charge in [-0.05, 0) is 49.7 Å². The molecule has 2 aromatic carbocycles. The quantitative estimate of drug-likeness (QED) is 0.699. The summed E-state index contributed by atoms with van der Waals surface area (Å²) in [5.74, 6) is 1.78. The first kappa shape index (κ1) is 18.8. The largest absolute Gasteiger partial charge is 0.508 e.